The first-order valence-electron chi connectivity index (χ1n) is 5.89. The van der Waals surface area contributed by atoms with Crippen molar-refractivity contribution >= 4 is 0 Å². The van der Waals surface area contributed by atoms with E-state index in [-0.39, 0.29) is 0 Å². The average molecular weight is 225 g/mol. The molecule has 0 aliphatic heterocycles. The fourth-order valence-corrected chi connectivity index (χ4v) is 2.13. The van der Waals surface area contributed by atoms with Crippen LogP contribution in [-0.2, 0) is 0 Å². The van der Waals surface area contributed by atoms with Crippen molar-refractivity contribution in [3.63, 3.8) is 0 Å². The van der Waals surface area contributed by atoms with E-state index in [1.807, 2.05) is 0 Å². The van der Waals surface area contributed by atoms with Gasteiger partial charge in [-0.1, -0.05) is 47.5 Å². The molecule has 0 amide bonds. The summed E-state index contributed by atoms with van der Waals surface area (Å²) >= 11 is 0. The van der Waals surface area contributed by atoms with Crippen molar-refractivity contribution < 1.29 is 4.48 Å². The summed E-state index contributed by atoms with van der Waals surface area (Å²) in [6.45, 7) is 0. The Morgan fingerprint density at radius 2 is 1.00 bits per heavy atom. The highest BCUT2D eigenvalue weighted by molar-refractivity contribution is 5.41. The summed E-state index contributed by atoms with van der Waals surface area (Å²) in [5.74, 6) is 0. The zero-order valence-corrected chi connectivity index (χ0v) is 10.7. The van der Waals surface area contributed by atoms with Gasteiger partial charge in [0.15, 0.2) is 0 Å². The van der Waals surface area contributed by atoms with Crippen molar-refractivity contribution in [1.82, 2.24) is 0 Å². The summed E-state index contributed by atoms with van der Waals surface area (Å²) in [7, 11) is 6.61. The molecular formula is C16H19N. The third-order valence-electron chi connectivity index (χ3n) is 2.77. The topological polar surface area (TPSA) is 0 Å². The third kappa shape index (κ3) is 2.69. The standard InChI is InChI=1S/C16H19N/c1-17(2,3)16(14-10-6-4-7-11-14)15-12-8-5-9-13-15/h4-13H,1-3H3. The smallest absolute Gasteiger partial charge is 0.0689 e. The lowest BCUT2D eigenvalue weighted by atomic mass is 9.96. The predicted octanol–water partition coefficient (Wildman–Crippen LogP) is 3.32. The van der Waals surface area contributed by atoms with Crippen LogP contribution in [0.15, 0.2) is 60.7 Å². The van der Waals surface area contributed by atoms with E-state index < -0.39 is 0 Å². The van der Waals surface area contributed by atoms with E-state index in [0.717, 1.165) is 4.48 Å². The Balaban J connectivity index is 2.48. The molecule has 0 aliphatic carbocycles. The highest BCUT2D eigenvalue weighted by atomic mass is 15.3. The molecule has 0 atom stereocenters. The second-order valence-electron chi connectivity index (χ2n) is 5.09. The van der Waals surface area contributed by atoms with Crippen molar-refractivity contribution in [2.24, 2.45) is 0 Å². The Kier molecular flexibility index (Phi) is 3.21. The molecule has 1 heteroatoms. The van der Waals surface area contributed by atoms with Crippen LogP contribution in [0.5, 0.6) is 0 Å². The lowest BCUT2D eigenvalue weighted by Crippen LogP contribution is -2.40. The Labute approximate surface area is 104 Å². The molecule has 0 N–H and O–H groups in total. The van der Waals surface area contributed by atoms with Crippen LogP contribution < -0.4 is 0 Å². The number of hydrogen-bond donors (Lipinski definition) is 0. The summed E-state index contributed by atoms with van der Waals surface area (Å²) in [4.78, 5) is 0. The Hall–Kier alpha value is -1.73. The Bertz CT molecular complexity index is 414. The van der Waals surface area contributed by atoms with Crippen LogP contribution in [0.3, 0.4) is 0 Å². The minimum atomic E-state index is 0.814. The quantitative estimate of drug-likeness (QED) is 0.555. The number of benzene rings is 2. The second-order valence-corrected chi connectivity index (χ2v) is 5.09. The van der Waals surface area contributed by atoms with Gasteiger partial charge in [0.1, 0.15) is 0 Å². The van der Waals surface area contributed by atoms with Crippen LogP contribution in [0.25, 0.3) is 0 Å². The van der Waals surface area contributed by atoms with Gasteiger partial charge < -0.3 is 4.48 Å². The van der Waals surface area contributed by atoms with Crippen LogP contribution in [-0.4, -0.2) is 25.6 Å². The van der Waals surface area contributed by atoms with Gasteiger partial charge in [0.25, 0.3) is 0 Å². The number of hydrogen-bond acceptors (Lipinski definition) is 0. The molecule has 2 aromatic rings. The summed E-state index contributed by atoms with van der Waals surface area (Å²) < 4.78 is 0.814. The lowest BCUT2D eigenvalue weighted by molar-refractivity contribution is -0.849. The van der Waals surface area contributed by atoms with E-state index >= 15 is 0 Å². The van der Waals surface area contributed by atoms with Gasteiger partial charge in [-0.05, 0) is 0 Å². The number of rotatable bonds is 3. The second kappa shape index (κ2) is 4.64. The van der Waals surface area contributed by atoms with Crippen molar-refractivity contribution in [3.8, 4) is 0 Å². The van der Waals surface area contributed by atoms with Gasteiger partial charge >= 0.3 is 0 Å². The van der Waals surface area contributed by atoms with E-state index in [0.29, 0.717) is 0 Å². The van der Waals surface area contributed by atoms with Crippen LogP contribution >= 0.6 is 0 Å². The van der Waals surface area contributed by atoms with E-state index in [9.17, 15) is 0 Å². The molecule has 2 rings (SSSR count). The zero-order valence-electron chi connectivity index (χ0n) is 10.7. The van der Waals surface area contributed by atoms with Gasteiger partial charge in [-0.2, -0.15) is 0 Å². The molecular weight excluding hydrogens is 206 g/mol. The van der Waals surface area contributed by atoms with Gasteiger partial charge in [-0.3, -0.25) is 0 Å². The van der Waals surface area contributed by atoms with Crippen molar-refractivity contribution in [1.29, 1.82) is 0 Å². The number of nitrogens with zero attached hydrogens (tertiary/aromatic N) is 1. The first kappa shape index (κ1) is 11.7. The summed E-state index contributed by atoms with van der Waals surface area (Å²) in [5, 5.41) is 0. The van der Waals surface area contributed by atoms with E-state index in [4.69, 9.17) is 0 Å². The van der Waals surface area contributed by atoms with Gasteiger partial charge in [-0.25, -0.2) is 0 Å². The molecule has 0 saturated carbocycles. The average Bonchev–Trinajstić information content (AvgIpc) is 2.30. The van der Waals surface area contributed by atoms with Crippen molar-refractivity contribution in [2.45, 2.75) is 0 Å². The van der Waals surface area contributed by atoms with Gasteiger partial charge in [0, 0.05) is 0 Å². The highest BCUT2D eigenvalue weighted by Crippen LogP contribution is 2.29. The largest absolute Gasteiger partial charge is 0.328 e. The van der Waals surface area contributed by atoms with Gasteiger partial charge in [0.05, 0.1) is 27.2 Å². The third-order valence-corrected chi connectivity index (χ3v) is 2.77. The zero-order chi connectivity index (χ0) is 12.3. The van der Waals surface area contributed by atoms with E-state index in [1.165, 1.54) is 17.2 Å². The van der Waals surface area contributed by atoms with E-state index in [2.05, 4.69) is 81.8 Å². The molecule has 0 spiro atoms. The van der Waals surface area contributed by atoms with Gasteiger partial charge in [-0.15, -0.1) is 24.3 Å². The first-order valence-corrected chi connectivity index (χ1v) is 5.89. The number of quaternary nitrogens is 1. The van der Waals surface area contributed by atoms with Crippen molar-refractivity contribution in [3.05, 3.63) is 77.8 Å². The molecule has 1 nitrogen and oxygen atoms in total. The summed E-state index contributed by atoms with van der Waals surface area (Å²) in [6.07, 6.45) is 0. The molecule has 0 saturated heterocycles. The molecule has 0 aromatic heterocycles. The monoisotopic (exact) mass is 225 g/mol. The first-order chi connectivity index (χ1) is 8.09. The SMILES string of the molecule is C[N+](C)(C)[C-](c1ccccc1)c1ccccc1. The maximum absolute atomic E-state index is 2.20. The summed E-state index contributed by atoms with van der Waals surface area (Å²) in [5.41, 5.74) is 2.57. The van der Waals surface area contributed by atoms with Crippen LogP contribution in [0.4, 0.5) is 0 Å². The predicted molar refractivity (Wildman–Crippen MR) is 72.4 cm³/mol. The van der Waals surface area contributed by atoms with Crippen LogP contribution in [0, 0.1) is 6.04 Å². The lowest BCUT2D eigenvalue weighted by Gasteiger charge is -2.38. The molecule has 88 valence electrons. The van der Waals surface area contributed by atoms with Crippen LogP contribution in [0.1, 0.15) is 11.1 Å². The van der Waals surface area contributed by atoms with Gasteiger partial charge in [0.2, 0.25) is 0 Å². The van der Waals surface area contributed by atoms with Crippen molar-refractivity contribution in [2.75, 3.05) is 21.1 Å². The maximum Gasteiger partial charge on any atom is 0.0689 e. The molecule has 0 fully saturated rings. The Morgan fingerprint density at radius 1 is 0.647 bits per heavy atom. The Morgan fingerprint density at radius 3 is 1.29 bits per heavy atom. The molecule has 0 aliphatic rings. The molecule has 0 heterocycles. The van der Waals surface area contributed by atoms with E-state index in [1.54, 1.807) is 0 Å². The molecule has 2 aromatic carbocycles. The molecule has 0 unspecified atom stereocenters. The fraction of sp³-hybridized carbons (Fsp3) is 0.188. The molecule has 0 bridgehead atoms. The minimum absolute atomic E-state index is 0.814. The fourth-order valence-electron chi connectivity index (χ4n) is 2.13. The summed E-state index contributed by atoms with van der Waals surface area (Å²) in [6, 6.07) is 22.5. The molecule has 0 radical (unpaired) electrons. The maximum atomic E-state index is 2.20. The minimum Gasteiger partial charge on any atom is -0.328 e. The molecule has 17 heavy (non-hydrogen) atoms. The van der Waals surface area contributed by atoms with Crippen LogP contribution in [0.2, 0.25) is 0 Å². The highest BCUT2D eigenvalue weighted by Gasteiger charge is 2.22. The normalized spacial score (nSPS) is 11.2.